The molecule has 16 heavy (non-hydrogen) atoms. The van der Waals surface area contributed by atoms with Crippen LogP contribution in [0.5, 0.6) is 0 Å². The third-order valence-electron chi connectivity index (χ3n) is 2.84. The van der Waals surface area contributed by atoms with Crippen molar-refractivity contribution in [3.8, 4) is 0 Å². The van der Waals surface area contributed by atoms with E-state index < -0.39 is 6.10 Å². The Labute approximate surface area is 103 Å². The highest BCUT2D eigenvalue weighted by Gasteiger charge is 2.31. The number of carbonyl (C=O) groups excluding carboxylic acids is 1. The van der Waals surface area contributed by atoms with Crippen molar-refractivity contribution < 1.29 is 9.90 Å². The summed E-state index contributed by atoms with van der Waals surface area (Å²) in [6.45, 7) is 0. The second kappa shape index (κ2) is 4.97. The molecule has 2 atom stereocenters. The van der Waals surface area contributed by atoms with Crippen LogP contribution in [0.2, 0.25) is 0 Å². The fourth-order valence-electron chi connectivity index (χ4n) is 2.08. The zero-order valence-corrected chi connectivity index (χ0v) is 10.4. The zero-order valence-electron chi connectivity index (χ0n) is 8.82. The standard InChI is InChI=1S/C12H14BrNO2/c13-6-5-11(16)14-12-9-4-2-1-3-8(9)7-10(12)15/h1-4,10,12,15H,5-7H2,(H,14,16). The molecule has 1 aromatic rings. The van der Waals surface area contributed by atoms with Gasteiger partial charge in [-0.2, -0.15) is 0 Å². The molecule has 1 aliphatic carbocycles. The molecular weight excluding hydrogens is 270 g/mol. The molecule has 1 aromatic carbocycles. The number of hydrogen-bond acceptors (Lipinski definition) is 2. The van der Waals surface area contributed by atoms with Gasteiger partial charge >= 0.3 is 0 Å². The first-order valence-electron chi connectivity index (χ1n) is 5.33. The Morgan fingerprint density at radius 3 is 3.00 bits per heavy atom. The molecule has 0 aliphatic heterocycles. The highest BCUT2D eigenvalue weighted by Crippen LogP contribution is 2.31. The predicted octanol–water partition coefficient (Wildman–Crippen LogP) is 1.55. The molecule has 0 saturated heterocycles. The molecule has 1 aliphatic rings. The number of amides is 1. The normalized spacial score (nSPS) is 22.9. The Bertz CT molecular complexity index is 394. The summed E-state index contributed by atoms with van der Waals surface area (Å²) in [7, 11) is 0. The lowest BCUT2D eigenvalue weighted by atomic mass is 10.1. The molecule has 0 spiro atoms. The van der Waals surface area contributed by atoms with Crippen molar-refractivity contribution in [2.45, 2.75) is 25.0 Å². The average molecular weight is 284 g/mol. The molecule has 0 fully saturated rings. The van der Waals surface area contributed by atoms with Gasteiger partial charge in [0.05, 0.1) is 12.1 Å². The summed E-state index contributed by atoms with van der Waals surface area (Å²) < 4.78 is 0. The van der Waals surface area contributed by atoms with Crippen LogP contribution in [0.15, 0.2) is 24.3 Å². The maximum Gasteiger partial charge on any atom is 0.221 e. The first kappa shape index (κ1) is 11.6. The van der Waals surface area contributed by atoms with Crippen LogP contribution >= 0.6 is 15.9 Å². The van der Waals surface area contributed by atoms with E-state index >= 15 is 0 Å². The lowest BCUT2D eigenvalue weighted by Crippen LogP contribution is -2.33. The van der Waals surface area contributed by atoms with E-state index in [1.54, 1.807) is 0 Å². The van der Waals surface area contributed by atoms with E-state index in [2.05, 4.69) is 21.2 Å². The molecule has 1 amide bonds. The van der Waals surface area contributed by atoms with Gasteiger partial charge in [-0.1, -0.05) is 40.2 Å². The fourth-order valence-corrected chi connectivity index (χ4v) is 2.44. The molecule has 0 aromatic heterocycles. The Kier molecular flexibility index (Phi) is 3.61. The lowest BCUT2D eigenvalue weighted by Gasteiger charge is -2.17. The van der Waals surface area contributed by atoms with Crippen LogP contribution in [0.1, 0.15) is 23.6 Å². The van der Waals surface area contributed by atoms with Crippen molar-refractivity contribution in [3.05, 3.63) is 35.4 Å². The summed E-state index contributed by atoms with van der Waals surface area (Å²) in [5.41, 5.74) is 2.16. The van der Waals surface area contributed by atoms with Crippen LogP contribution in [-0.4, -0.2) is 22.4 Å². The molecule has 0 heterocycles. The highest BCUT2D eigenvalue weighted by atomic mass is 79.9. The fraction of sp³-hybridized carbons (Fsp3) is 0.417. The van der Waals surface area contributed by atoms with Crippen molar-refractivity contribution in [3.63, 3.8) is 0 Å². The largest absolute Gasteiger partial charge is 0.390 e. The first-order chi connectivity index (χ1) is 7.72. The van der Waals surface area contributed by atoms with Crippen LogP contribution in [0.4, 0.5) is 0 Å². The van der Waals surface area contributed by atoms with Gasteiger partial charge in [0, 0.05) is 18.2 Å². The van der Waals surface area contributed by atoms with Crippen molar-refractivity contribution in [2.24, 2.45) is 0 Å². The van der Waals surface area contributed by atoms with Crippen LogP contribution in [0.25, 0.3) is 0 Å². The molecule has 2 rings (SSSR count). The summed E-state index contributed by atoms with van der Waals surface area (Å²) in [4.78, 5) is 11.5. The topological polar surface area (TPSA) is 49.3 Å². The van der Waals surface area contributed by atoms with Gasteiger partial charge in [-0.15, -0.1) is 0 Å². The van der Waals surface area contributed by atoms with Gasteiger partial charge in [-0.25, -0.2) is 0 Å². The van der Waals surface area contributed by atoms with Gasteiger partial charge in [0.25, 0.3) is 0 Å². The quantitative estimate of drug-likeness (QED) is 0.827. The molecule has 3 nitrogen and oxygen atoms in total. The lowest BCUT2D eigenvalue weighted by molar-refractivity contribution is -0.122. The maximum absolute atomic E-state index is 11.5. The maximum atomic E-state index is 11.5. The monoisotopic (exact) mass is 283 g/mol. The van der Waals surface area contributed by atoms with Crippen molar-refractivity contribution in [2.75, 3.05) is 5.33 Å². The summed E-state index contributed by atoms with van der Waals surface area (Å²) >= 11 is 3.22. The van der Waals surface area contributed by atoms with E-state index in [4.69, 9.17) is 0 Å². The van der Waals surface area contributed by atoms with E-state index in [9.17, 15) is 9.90 Å². The molecule has 0 bridgehead atoms. The van der Waals surface area contributed by atoms with Gasteiger partial charge in [-0.3, -0.25) is 4.79 Å². The summed E-state index contributed by atoms with van der Waals surface area (Å²) in [5, 5.41) is 13.4. The van der Waals surface area contributed by atoms with Gasteiger partial charge < -0.3 is 10.4 Å². The molecule has 0 saturated carbocycles. The molecule has 2 unspecified atom stereocenters. The summed E-state index contributed by atoms with van der Waals surface area (Å²) in [5.74, 6) is -0.0300. The highest BCUT2D eigenvalue weighted by molar-refractivity contribution is 9.09. The minimum Gasteiger partial charge on any atom is -0.390 e. The second-order valence-corrected chi connectivity index (χ2v) is 4.75. The summed E-state index contributed by atoms with van der Waals surface area (Å²) in [6.07, 6.45) is 0.553. The van der Waals surface area contributed by atoms with E-state index in [-0.39, 0.29) is 11.9 Å². The van der Waals surface area contributed by atoms with Crippen LogP contribution in [0, 0.1) is 0 Å². The minimum absolute atomic E-state index is 0.0300. The number of fused-ring (bicyclic) bond motifs is 1. The smallest absolute Gasteiger partial charge is 0.221 e. The molecular formula is C12H14BrNO2. The number of alkyl halides is 1. The van der Waals surface area contributed by atoms with Gasteiger partial charge in [0.15, 0.2) is 0 Å². The number of hydrogen-bond donors (Lipinski definition) is 2. The molecule has 86 valence electrons. The zero-order chi connectivity index (χ0) is 11.5. The number of benzene rings is 1. The minimum atomic E-state index is -0.503. The molecule has 4 heteroatoms. The Morgan fingerprint density at radius 2 is 2.25 bits per heavy atom. The van der Waals surface area contributed by atoms with E-state index in [0.29, 0.717) is 18.2 Å². The van der Waals surface area contributed by atoms with Crippen molar-refractivity contribution in [1.82, 2.24) is 5.32 Å². The number of aliphatic hydroxyl groups excluding tert-OH is 1. The third kappa shape index (κ3) is 2.28. The molecule has 2 N–H and O–H groups in total. The average Bonchev–Trinajstić information content (AvgIpc) is 2.56. The van der Waals surface area contributed by atoms with Crippen molar-refractivity contribution in [1.29, 1.82) is 0 Å². The first-order valence-corrected chi connectivity index (χ1v) is 6.45. The SMILES string of the molecule is O=C(CCBr)NC1c2ccccc2CC1O. The predicted molar refractivity (Wildman–Crippen MR) is 65.4 cm³/mol. The Hall–Kier alpha value is -0.870. The van der Waals surface area contributed by atoms with Crippen LogP contribution < -0.4 is 5.32 Å². The number of halogens is 1. The Morgan fingerprint density at radius 1 is 1.50 bits per heavy atom. The Balaban J connectivity index is 2.13. The van der Waals surface area contributed by atoms with E-state index in [1.807, 2.05) is 24.3 Å². The van der Waals surface area contributed by atoms with Crippen molar-refractivity contribution >= 4 is 21.8 Å². The summed E-state index contributed by atoms with van der Waals surface area (Å²) in [6, 6.07) is 7.59. The van der Waals surface area contributed by atoms with E-state index in [1.165, 1.54) is 0 Å². The second-order valence-electron chi connectivity index (χ2n) is 3.95. The number of aliphatic hydroxyl groups is 1. The number of nitrogens with one attached hydrogen (secondary N) is 1. The number of rotatable bonds is 3. The molecule has 0 radical (unpaired) electrons. The number of carbonyl (C=O) groups is 1. The van der Waals surface area contributed by atoms with Gasteiger partial charge in [0.1, 0.15) is 0 Å². The van der Waals surface area contributed by atoms with Crippen LogP contribution in [-0.2, 0) is 11.2 Å². The van der Waals surface area contributed by atoms with Crippen LogP contribution in [0.3, 0.4) is 0 Å². The van der Waals surface area contributed by atoms with Gasteiger partial charge in [-0.05, 0) is 11.1 Å². The third-order valence-corrected chi connectivity index (χ3v) is 3.24. The van der Waals surface area contributed by atoms with E-state index in [0.717, 1.165) is 11.1 Å². The van der Waals surface area contributed by atoms with Gasteiger partial charge in [0.2, 0.25) is 5.91 Å².